The predicted molar refractivity (Wildman–Crippen MR) is 69.4 cm³/mol. The second-order valence-corrected chi connectivity index (χ2v) is 4.46. The lowest BCUT2D eigenvalue weighted by molar-refractivity contribution is 0.242. The van der Waals surface area contributed by atoms with Crippen molar-refractivity contribution in [2.75, 3.05) is 6.54 Å². The van der Waals surface area contributed by atoms with Crippen LogP contribution in [0.4, 0.5) is 0 Å². The highest BCUT2D eigenvalue weighted by Gasteiger charge is 2.24. The minimum Gasteiger partial charge on any atom is -0.488 e. The number of nitrogens with two attached hydrogens (primary N) is 1. The van der Waals surface area contributed by atoms with Gasteiger partial charge in [-0.15, -0.1) is 0 Å². The molecule has 1 aromatic carbocycles. The third-order valence-corrected chi connectivity index (χ3v) is 3.14. The molecule has 4 heteroatoms. The second-order valence-electron chi connectivity index (χ2n) is 4.46. The zero-order valence-electron chi connectivity index (χ0n) is 10.3. The lowest BCUT2D eigenvalue weighted by Gasteiger charge is -2.10. The smallest absolute Gasteiger partial charge is 0.132 e. The molecule has 0 saturated heterocycles. The number of ether oxygens (including phenoxy) is 1. The van der Waals surface area contributed by atoms with Crippen LogP contribution >= 0.6 is 0 Å². The number of aryl methyl sites for hydroxylation is 1. The molecule has 1 aromatic heterocycles. The van der Waals surface area contributed by atoms with Crippen molar-refractivity contribution < 1.29 is 4.74 Å². The standard InChI is InChI=1S/C14H15N3O/c1-9-16-6-5-13(17-9)12-4-2-3-10-7-11(8-15)18-14(10)12/h2-6,11H,7-8,15H2,1H3/t11-/m1/s1. The Balaban J connectivity index is 2.08. The summed E-state index contributed by atoms with van der Waals surface area (Å²) in [7, 11) is 0. The summed E-state index contributed by atoms with van der Waals surface area (Å²) < 4.78 is 5.90. The van der Waals surface area contributed by atoms with Crippen molar-refractivity contribution in [2.24, 2.45) is 5.73 Å². The summed E-state index contributed by atoms with van der Waals surface area (Å²) in [6.07, 6.45) is 2.74. The SMILES string of the molecule is Cc1nccc(-c2cccc3c2O[C@@H](CN)C3)n1. The number of fused-ring (bicyclic) bond motifs is 1. The van der Waals surface area contributed by atoms with E-state index >= 15 is 0 Å². The number of aromatic nitrogens is 2. The molecule has 0 fully saturated rings. The van der Waals surface area contributed by atoms with E-state index in [-0.39, 0.29) is 6.10 Å². The molecule has 2 N–H and O–H groups in total. The van der Waals surface area contributed by atoms with Gasteiger partial charge >= 0.3 is 0 Å². The fourth-order valence-corrected chi connectivity index (χ4v) is 2.28. The highest BCUT2D eigenvalue weighted by atomic mass is 16.5. The third kappa shape index (κ3) is 1.84. The van der Waals surface area contributed by atoms with Crippen molar-refractivity contribution >= 4 is 0 Å². The Bertz CT molecular complexity index is 583. The molecule has 92 valence electrons. The van der Waals surface area contributed by atoms with Crippen LogP contribution in [0.2, 0.25) is 0 Å². The van der Waals surface area contributed by atoms with E-state index < -0.39 is 0 Å². The second kappa shape index (κ2) is 4.38. The monoisotopic (exact) mass is 241 g/mol. The molecule has 0 spiro atoms. The van der Waals surface area contributed by atoms with Gasteiger partial charge in [-0.3, -0.25) is 0 Å². The van der Waals surface area contributed by atoms with Crippen LogP contribution in [0.3, 0.4) is 0 Å². The summed E-state index contributed by atoms with van der Waals surface area (Å²) in [5.41, 5.74) is 8.81. The molecule has 1 aliphatic rings. The van der Waals surface area contributed by atoms with Gasteiger partial charge in [0.15, 0.2) is 0 Å². The van der Waals surface area contributed by atoms with Crippen LogP contribution in [-0.4, -0.2) is 22.6 Å². The van der Waals surface area contributed by atoms with Gasteiger partial charge in [-0.05, 0) is 24.6 Å². The number of rotatable bonds is 2. The van der Waals surface area contributed by atoms with Crippen molar-refractivity contribution in [1.82, 2.24) is 9.97 Å². The maximum absolute atomic E-state index is 5.90. The van der Waals surface area contributed by atoms with Gasteiger partial charge in [-0.1, -0.05) is 12.1 Å². The molecule has 3 rings (SSSR count). The first-order valence-corrected chi connectivity index (χ1v) is 6.06. The Kier molecular flexibility index (Phi) is 2.72. The van der Waals surface area contributed by atoms with Crippen molar-refractivity contribution in [3.63, 3.8) is 0 Å². The third-order valence-electron chi connectivity index (χ3n) is 3.14. The van der Waals surface area contributed by atoms with E-state index in [0.717, 1.165) is 29.3 Å². The van der Waals surface area contributed by atoms with E-state index in [0.29, 0.717) is 6.54 Å². The van der Waals surface area contributed by atoms with E-state index in [1.807, 2.05) is 25.1 Å². The Morgan fingerprint density at radius 1 is 1.39 bits per heavy atom. The fraction of sp³-hybridized carbons (Fsp3) is 0.286. The number of benzene rings is 1. The van der Waals surface area contributed by atoms with E-state index in [2.05, 4.69) is 16.0 Å². The van der Waals surface area contributed by atoms with E-state index in [4.69, 9.17) is 10.5 Å². The average molecular weight is 241 g/mol. The first-order valence-electron chi connectivity index (χ1n) is 6.06. The molecule has 0 unspecified atom stereocenters. The van der Waals surface area contributed by atoms with Crippen LogP contribution in [0.1, 0.15) is 11.4 Å². The van der Waals surface area contributed by atoms with Gasteiger partial charge < -0.3 is 10.5 Å². The van der Waals surface area contributed by atoms with Gasteiger partial charge in [0.1, 0.15) is 17.7 Å². The van der Waals surface area contributed by atoms with Crippen LogP contribution in [0.15, 0.2) is 30.5 Å². The molecule has 0 saturated carbocycles. The minimum absolute atomic E-state index is 0.0871. The molecule has 2 heterocycles. The molecule has 0 amide bonds. The number of hydrogen-bond donors (Lipinski definition) is 1. The normalized spacial score (nSPS) is 17.3. The van der Waals surface area contributed by atoms with Gasteiger partial charge in [-0.25, -0.2) is 9.97 Å². The molecule has 4 nitrogen and oxygen atoms in total. The maximum atomic E-state index is 5.90. The minimum atomic E-state index is 0.0871. The molecule has 18 heavy (non-hydrogen) atoms. The molecule has 0 aliphatic carbocycles. The Morgan fingerprint density at radius 2 is 2.28 bits per heavy atom. The number of hydrogen-bond acceptors (Lipinski definition) is 4. The van der Waals surface area contributed by atoms with Gasteiger partial charge in [0.2, 0.25) is 0 Å². The van der Waals surface area contributed by atoms with Crippen molar-refractivity contribution in [2.45, 2.75) is 19.4 Å². The molecule has 0 bridgehead atoms. The molecule has 0 radical (unpaired) electrons. The van der Waals surface area contributed by atoms with Crippen LogP contribution in [0, 0.1) is 6.92 Å². The van der Waals surface area contributed by atoms with Gasteiger partial charge in [0.05, 0.1) is 5.69 Å². The molecule has 2 aromatic rings. The topological polar surface area (TPSA) is 61.0 Å². The summed E-state index contributed by atoms with van der Waals surface area (Å²) in [4.78, 5) is 8.57. The summed E-state index contributed by atoms with van der Waals surface area (Å²) in [6.45, 7) is 2.42. The summed E-state index contributed by atoms with van der Waals surface area (Å²) >= 11 is 0. The molecule has 1 aliphatic heterocycles. The fourth-order valence-electron chi connectivity index (χ4n) is 2.28. The molecule has 1 atom stereocenters. The van der Waals surface area contributed by atoms with E-state index in [1.165, 1.54) is 5.56 Å². The first-order chi connectivity index (χ1) is 8.78. The highest BCUT2D eigenvalue weighted by Crippen LogP contribution is 2.37. The maximum Gasteiger partial charge on any atom is 0.132 e. The number of nitrogens with zero attached hydrogens (tertiary/aromatic N) is 2. The van der Waals surface area contributed by atoms with Crippen LogP contribution in [0.5, 0.6) is 5.75 Å². The lowest BCUT2D eigenvalue weighted by Crippen LogP contribution is -2.24. The quantitative estimate of drug-likeness (QED) is 0.869. The van der Waals surface area contributed by atoms with Crippen LogP contribution < -0.4 is 10.5 Å². The summed E-state index contributed by atoms with van der Waals surface area (Å²) in [5, 5.41) is 0. The Morgan fingerprint density at radius 3 is 3.06 bits per heavy atom. The Hall–Kier alpha value is -1.94. The highest BCUT2D eigenvalue weighted by molar-refractivity contribution is 5.70. The number of para-hydroxylation sites is 1. The van der Waals surface area contributed by atoms with Crippen LogP contribution in [0.25, 0.3) is 11.3 Å². The Labute approximate surface area is 106 Å². The molecular weight excluding hydrogens is 226 g/mol. The van der Waals surface area contributed by atoms with Gasteiger partial charge in [-0.2, -0.15) is 0 Å². The van der Waals surface area contributed by atoms with Crippen LogP contribution in [-0.2, 0) is 6.42 Å². The zero-order valence-corrected chi connectivity index (χ0v) is 10.3. The van der Waals surface area contributed by atoms with Gasteiger partial charge in [0, 0.05) is 24.7 Å². The summed E-state index contributed by atoms with van der Waals surface area (Å²) in [5.74, 6) is 1.68. The molecular formula is C14H15N3O. The largest absolute Gasteiger partial charge is 0.488 e. The first kappa shape index (κ1) is 11.2. The lowest BCUT2D eigenvalue weighted by atomic mass is 10.0. The van der Waals surface area contributed by atoms with E-state index in [1.54, 1.807) is 6.20 Å². The average Bonchev–Trinajstić information content (AvgIpc) is 2.81. The zero-order chi connectivity index (χ0) is 12.5. The van der Waals surface area contributed by atoms with Crippen molar-refractivity contribution in [3.8, 4) is 17.0 Å². The van der Waals surface area contributed by atoms with Crippen molar-refractivity contribution in [3.05, 3.63) is 41.9 Å². The van der Waals surface area contributed by atoms with E-state index in [9.17, 15) is 0 Å². The predicted octanol–water partition coefficient (Wildman–Crippen LogP) is 1.71. The summed E-state index contributed by atoms with van der Waals surface area (Å²) in [6, 6.07) is 8.05. The van der Waals surface area contributed by atoms with Gasteiger partial charge in [0.25, 0.3) is 0 Å². The van der Waals surface area contributed by atoms with Crippen molar-refractivity contribution in [1.29, 1.82) is 0 Å².